The number of fused-ring (bicyclic) bond motifs is 1. The number of hydrogen-bond donors (Lipinski definition) is 2. The highest BCUT2D eigenvalue weighted by atomic mass is 16.5. The molecular weight excluding hydrogens is 338 g/mol. The monoisotopic (exact) mass is 357 g/mol. The van der Waals surface area contributed by atoms with Crippen LogP contribution in [0, 0.1) is 0 Å². The molecule has 4 aromatic rings. The second-order valence-corrected chi connectivity index (χ2v) is 6.40. The fourth-order valence-corrected chi connectivity index (χ4v) is 3.31. The SMILES string of the molecule is O=C(NO)C(Cc1ccccc1)n1cc2c(-c3ccccc3)cccc2n1. The minimum absolute atomic E-state index is 0.432. The molecule has 27 heavy (non-hydrogen) atoms. The van der Waals surface area contributed by atoms with Crippen LogP contribution in [0.2, 0.25) is 0 Å². The van der Waals surface area contributed by atoms with Gasteiger partial charge in [0, 0.05) is 18.0 Å². The predicted molar refractivity (Wildman–Crippen MR) is 104 cm³/mol. The first kappa shape index (κ1) is 17.0. The molecule has 1 aromatic heterocycles. The Kier molecular flexibility index (Phi) is 4.68. The van der Waals surface area contributed by atoms with Crippen LogP contribution in [0.15, 0.2) is 85.1 Å². The molecule has 1 heterocycles. The summed E-state index contributed by atoms with van der Waals surface area (Å²) in [4.78, 5) is 12.3. The Bertz CT molecular complexity index is 1060. The molecular formula is C22H19N3O2. The van der Waals surface area contributed by atoms with E-state index in [9.17, 15) is 10.0 Å². The third kappa shape index (κ3) is 3.45. The number of hydroxylamine groups is 1. The van der Waals surface area contributed by atoms with Gasteiger partial charge in [0.15, 0.2) is 0 Å². The molecule has 0 radical (unpaired) electrons. The van der Waals surface area contributed by atoms with Gasteiger partial charge in [-0.25, -0.2) is 5.48 Å². The van der Waals surface area contributed by atoms with Gasteiger partial charge in [0.25, 0.3) is 5.91 Å². The fourth-order valence-electron chi connectivity index (χ4n) is 3.31. The largest absolute Gasteiger partial charge is 0.289 e. The minimum atomic E-state index is -0.645. The number of hydrogen-bond acceptors (Lipinski definition) is 3. The van der Waals surface area contributed by atoms with Crippen LogP contribution in [-0.2, 0) is 11.2 Å². The fraction of sp³-hybridized carbons (Fsp3) is 0.0909. The summed E-state index contributed by atoms with van der Waals surface area (Å²) >= 11 is 0. The second-order valence-electron chi connectivity index (χ2n) is 6.40. The number of carbonyl (C=O) groups is 1. The predicted octanol–water partition coefficient (Wildman–Crippen LogP) is 3.99. The van der Waals surface area contributed by atoms with Crippen LogP contribution in [0.5, 0.6) is 0 Å². The molecule has 0 fully saturated rings. The van der Waals surface area contributed by atoms with Crippen LogP contribution in [0.25, 0.3) is 22.0 Å². The van der Waals surface area contributed by atoms with Crippen LogP contribution in [-0.4, -0.2) is 20.9 Å². The van der Waals surface area contributed by atoms with Crippen LogP contribution in [0.3, 0.4) is 0 Å². The number of rotatable bonds is 5. The quantitative estimate of drug-likeness (QED) is 0.419. The molecule has 5 nitrogen and oxygen atoms in total. The normalized spacial score (nSPS) is 12.0. The van der Waals surface area contributed by atoms with E-state index >= 15 is 0 Å². The van der Waals surface area contributed by atoms with E-state index in [2.05, 4.69) is 5.10 Å². The summed E-state index contributed by atoms with van der Waals surface area (Å²) in [6, 6.07) is 25.0. The molecule has 1 amide bonds. The molecule has 4 rings (SSSR count). The first-order chi connectivity index (χ1) is 13.3. The molecule has 0 saturated heterocycles. The van der Waals surface area contributed by atoms with Crippen LogP contribution >= 0.6 is 0 Å². The Balaban J connectivity index is 1.78. The molecule has 0 aliphatic carbocycles. The number of nitrogens with one attached hydrogen (secondary N) is 1. The third-order valence-electron chi connectivity index (χ3n) is 4.66. The highest BCUT2D eigenvalue weighted by Crippen LogP contribution is 2.29. The number of benzene rings is 3. The standard InChI is InChI=1S/C22H19N3O2/c26-22(24-27)21(14-16-8-3-1-4-9-16)25-15-19-18(12-7-13-20(19)23-25)17-10-5-2-6-11-17/h1-13,15,21,27H,14H2,(H,24,26). The first-order valence-corrected chi connectivity index (χ1v) is 8.77. The number of carbonyl (C=O) groups excluding carboxylic acids is 1. The van der Waals surface area contributed by atoms with Gasteiger partial charge in [-0.1, -0.05) is 72.8 Å². The molecule has 0 spiro atoms. The third-order valence-corrected chi connectivity index (χ3v) is 4.66. The van der Waals surface area contributed by atoms with Gasteiger partial charge in [-0.15, -0.1) is 0 Å². The van der Waals surface area contributed by atoms with E-state index in [0.29, 0.717) is 6.42 Å². The molecule has 3 aromatic carbocycles. The van der Waals surface area contributed by atoms with Crippen LogP contribution < -0.4 is 5.48 Å². The first-order valence-electron chi connectivity index (χ1n) is 8.77. The zero-order chi connectivity index (χ0) is 18.6. The van der Waals surface area contributed by atoms with Crippen molar-refractivity contribution in [2.45, 2.75) is 12.5 Å². The smallest absolute Gasteiger partial charge is 0.268 e. The molecule has 0 aliphatic heterocycles. The lowest BCUT2D eigenvalue weighted by Gasteiger charge is -2.15. The molecule has 1 atom stereocenters. The Morgan fingerprint density at radius 2 is 1.67 bits per heavy atom. The van der Waals surface area contributed by atoms with Crippen molar-refractivity contribution in [3.8, 4) is 11.1 Å². The van der Waals surface area contributed by atoms with Crippen molar-refractivity contribution in [3.05, 3.63) is 90.6 Å². The van der Waals surface area contributed by atoms with E-state index in [1.54, 1.807) is 10.2 Å². The van der Waals surface area contributed by atoms with E-state index in [4.69, 9.17) is 0 Å². The van der Waals surface area contributed by atoms with Gasteiger partial charge in [-0.3, -0.25) is 14.7 Å². The van der Waals surface area contributed by atoms with Gasteiger partial charge in [0.2, 0.25) is 0 Å². The van der Waals surface area contributed by atoms with Gasteiger partial charge in [-0.05, 0) is 22.8 Å². The van der Waals surface area contributed by atoms with Crippen molar-refractivity contribution < 1.29 is 10.0 Å². The summed E-state index contributed by atoms with van der Waals surface area (Å²) in [5.74, 6) is -0.493. The molecule has 1 unspecified atom stereocenters. The number of nitrogens with zero attached hydrogens (tertiary/aromatic N) is 2. The summed E-state index contributed by atoms with van der Waals surface area (Å²) in [6.45, 7) is 0. The van der Waals surface area contributed by atoms with Crippen molar-refractivity contribution in [3.63, 3.8) is 0 Å². The number of aromatic nitrogens is 2. The van der Waals surface area contributed by atoms with E-state index < -0.39 is 11.9 Å². The van der Waals surface area contributed by atoms with Crippen molar-refractivity contribution >= 4 is 16.8 Å². The minimum Gasteiger partial charge on any atom is -0.289 e. The van der Waals surface area contributed by atoms with E-state index in [1.165, 1.54) is 0 Å². The van der Waals surface area contributed by atoms with Crippen molar-refractivity contribution in [2.75, 3.05) is 0 Å². The Morgan fingerprint density at radius 1 is 0.963 bits per heavy atom. The van der Waals surface area contributed by atoms with Crippen LogP contribution in [0.4, 0.5) is 0 Å². The van der Waals surface area contributed by atoms with Gasteiger partial charge in [-0.2, -0.15) is 5.10 Å². The van der Waals surface area contributed by atoms with Crippen LogP contribution in [0.1, 0.15) is 11.6 Å². The van der Waals surface area contributed by atoms with Crippen molar-refractivity contribution in [1.29, 1.82) is 0 Å². The van der Waals surface area contributed by atoms with E-state index in [-0.39, 0.29) is 0 Å². The number of amides is 1. The molecule has 0 saturated carbocycles. The lowest BCUT2D eigenvalue weighted by molar-refractivity contribution is -0.132. The van der Waals surface area contributed by atoms with Gasteiger partial charge >= 0.3 is 0 Å². The summed E-state index contributed by atoms with van der Waals surface area (Å²) < 4.78 is 1.63. The van der Waals surface area contributed by atoms with E-state index in [1.807, 2.05) is 85.1 Å². The summed E-state index contributed by atoms with van der Waals surface area (Å²) in [7, 11) is 0. The molecule has 5 heteroatoms. The lowest BCUT2D eigenvalue weighted by Crippen LogP contribution is -2.32. The lowest BCUT2D eigenvalue weighted by atomic mass is 10.0. The van der Waals surface area contributed by atoms with Crippen molar-refractivity contribution in [1.82, 2.24) is 15.3 Å². The molecule has 0 bridgehead atoms. The Labute approximate surface area is 156 Å². The zero-order valence-corrected chi connectivity index (χ0v) is 14.6. The summed E-state index contributed by atoms with van der Waals surface area (Å²) in [5.41, 5.74) is 5.72. The second kappa shape index (κ2) is 7.43. The Hall–Kier alpha value is -3.44. The highest BCUT2D eigenvalue weighted by molar-refractivity contribution is 5.94. The molecule has 0 aliphatic rings. The average molecular weight is 357 g/mol. The topological polar surface area (TPSA) is 67.2 Å². The maximum atomic E-state index is 12.3. The molecule has 134 valence electrons. The van der Waals surface area contributed by atoms with Gasteiger partial charge in [0.1, 0.15) is 6.04 Å². The maximum absolute atomic E-state index is 12.3. The average Bonchev–Trinajstić information content (AvgIpc) is 3.17. The molecule has 2 N–H and O–H groups in total. The summed E-state index contributed by atoms with van der Waals surface area (Å²) in [5, 5.41) is 14.8. The summed E-state index contributed by atoms with van der Waals surface area (Å²) in [6.07, 6.45) is 2.31. The van der Waals surface area contributed by atoms with Gasteiger partial charge < -0.3 is 0 Å². The van der Waals surface area contributed by atoms with Gasteiger partial charge in [0.05, 0.1) is 5.52 Å². The zero-order valence-electron chi connectivity index (χ0n) is 14.6. The van der Waals surface area contributed by atoms with Crippen molar-refractivity contribution in [2.24, 2.45) is 0 Å². The van der Waals surface area contributed by atoms with E-state index in [0.717, 1.165) is 27.6 Å². The maximum Gasteiger partial charge on any atom is 0.268 e. The highest BCUT2D eigenvalue weighted by Gasteiger charge is 2.22. The Morgan fingerprint density at radius 3 is 2.37 bits per heavy atom.